The Morgan fingerprint density at radius 2 is 1.65 bits per heavy atom. The number of nitrogens with one attached hydrogen (secondary N) is 1. The van der Waals surface area contributed by atoms with E-state index in [1.54, 1.807) is 13.8 Å². The van der Waals surface area contributed by atoms with E-state index < -0.39 is 20.7 Å². The van der Waals surface area contributed by atoms with Crippen LogP contribution in [0.4, 0.5) is 5.13 Å². The zero-order chi connectivity index (χ0) is 13.4. The summed E-state index contributed by atoms with van der Waals surface area (Å²) in [5.41, 5.74) is -1.63. The molecule has 11 heteroatoms. The number of aryl methyl sites for hydroxylation is 2. The van der Waals surface area contributed by atoms with Gasteiger partial charge in [0.2, 0.25) is 5.52 Å². The Labute approximate surface area is 101 Å². The van der Waals surface area contributed by atoms with Crippen LogP contribution >= 0.6 is 26.5 Å². The third-order valence-electron chi connectivity index (χ3n) is 1.92. The molecular formula is C6H12N2O6P2S. The highest BCUT2D eigenvalue weighted by molar-refractivity contribution is 7.71. The van der Waals surface area contributed by atoms with Crippen molar-refractivity contribution in [3.8, 4) is 0 Å². The lowest BCUT2D eigenvalue weighted by molar-refractivity contribution is 0.343. The van der Waals surface area contributed by atoms with Crippen molar-refractivity contribution in [2.24, 2.45) is 0 Å². The highest BCUT2D eigenvalue weighted by Gasteiger charge is 2.44. The molecule has 5 N–H and O–H groups in total. The number of hydrogen-bond acceptors (Lipinski definition) is 5. The van der Waals surface area contributed by atoms with Crippen molar-refractivity contribution >= 4 is 31.7 Å². The molecule has 17 heavy (non-hydrogen) atoms. The summed E-state index contributed by atoms with van der Waals surface area (Å²) in [7, 11) is -9.95. The van der Waals surface area contributed by atoms with Gasteiger partial charge in [0.15, 0.2) is 5.13 Å². The van der Waals surface area contributed by atoms with Gasteiger partial charge < -0.3 is 24.9 Å². The third-order valence-corrected chi connectivity index (χ3v) is 6.26. The summed E-state index contributed by atoms with van der Waals surface area (Å²) in [6.45, 7) is 3.42. The summed E-state index contributed by atoms with van der Waals surface area (Å²) in [4.78, 5) is 40.2. The van der Waals surface area contributed by atoms with Crippen LogP contribution in [0.5, 0.6) is 0 Å². The fraction of sp³-hybridized carbons (Fsp3) is 0.500. The van der Waals surface area contributed by atoms with E-state index in [2.05, 4.69) is 10.3 Å². The van der Waals surface area contributed by atoms with E-state index in [1.165, 1.54) is 0 Å². The van der Waals surface area contributed by atoms with Gasteiger partial charge in [-0.1, -0.05) is 0 Å². The van der Waals surface area contributed by atoms with Crippen molar-refractivity contribution in [1.82, 2.24) is 4.98 Å². The molecule has 0 fully saturated rings. The third kappa shape index (κ3) is 3.86. The molecule has 0 saturated carbocycles. The molecule has 1 aromatic heterocycles. The number of thiazole rings is 1. The molecule has 0 spiro atoms. The molecule has 0 aromatic carbocycles. The maximum atomic E-state index is 11.0. The number of hydrogen-bond donors (Lipinski definition) is 5. The Bertz CT molecular complexity index is 463. The molecule has 0 aliphatic carbocycles. The minimum Gasteiger partial charge on any atom is -0.338 e. The van der Waals surface area contributed by atoms with Crippen molar-refractivity contribution in [1.29, 1.82) is 0 Å². The Morgan fingerprint density at radius 1 is 1.18 bits per heavy atom. The van der Waals surface area contributed by atoms with Crippen LogP contribution in [-0.4, -0.2) is 30.1 Å². The summed E-state index contributed by atoms with van der Waals surface area (Å²) in [6.07, 6.45) is 0. The predicted octanol–water partition coefficient (Wildman–Crippen LogP) is 0.811. The van der Waals surface area contributed by atoms with Gasteiger partial charge in [-0.05, 0) is 13.8 Å². The second-order valence-corrected chi connectivity index (χ2v) is 8.36. The topological polar surface area (TPSA) is 140 Å². The van der Waals surface area contributed by atoms with E-state index in [-0.39, 0.29) is 5.13 Å². The van der Waals surface area contributed by atoms with E-state index >= 15 is 0 Å². The van der Waals surface area contributed by atoms with Crippen molar-refractivity contribution in [2.45, 2.75) is 19.4 Å². The van der Waals surface area contributed by atoms with Crippen LogP contribution in [0.15, 0.2) is 0 Å². The molecule has 0 radical (unpaired) electrons. The first kappa shape index (κ1) is 14.8. The molecule has 1 heterocycles. The van der Waals surface area contributed by atoms with Gasteiger partial charge in [0.25, 0.3) is 0 Å². The first-order valence-corrected chi connectivity index (χ1v) is 8.51. The normalized spacial score (nSPS) is 13.1. The van der Waals surface area contributed by atoms with E-state index in [0.717, 1.165) is 16.2 Å². The van der Waals surface area contributed by atoms with Gasteiger partial charge in [0.1, 0.15) is 0 Å². The summed E-state index contributed by atoms with van der Waals surface area (Å²) in [5.74, 6) is 0. The lowest BCUT2D eigenvalue weighted by Crippen LogP contribution is -2.19. The van der Waals surface area contributed by atoms with Gasteiger partial charge in [-0.3, -0.25) is 9.13 Å². The molecule has 0 saturated heterocycles. The molecule has 0 bridgehead atoms. The summed E-state index contributed by atoms with van der Waals surface area (Å²) in [5, 5.41) is 2.17. The summed E-state index contributed by atoms with van der Waals surface area (Å²) < 4.78 is 22.0. The Balaban J connectivity index is 3.04. The average Bonchev–Trinajstić information content (AvgIpc) is 2.38. The number of aromatic nitrogens is 1. The Kier molecular flexibility index (Phi) is 4.16. The Morgan fingerprint density at radius 3 is 1.94 bits per heavy atom. The average molecular weight is 302 g/mol. The van der Waals surface area contributed by atoms with Crippen molar-refractivity contribution < 1.29 is 28.7 Å². The van der Waals surface area contributed by atoms with E-state index in [0.29, 0.717) is 5.69 Å². The second kappa shape index (κ2) is 4.78. The maximum Gasteiger partial charge on any atom is 0.360 e. The summed E-state index contributed by atoms with van der Waals surface area (Å²) >= 11 is 1.07. The van der Waals surface area contributed by atoms with Crippen LogP contribution in [0.3, 0.4) is 0 Å². The van der Waals surface area contributed by atoms with Crippen molar-refractivity contribution in [2.75, 3.05) is 5.32 Å². The monoisotopic (exact) mass is 302 g/mol. The van der Waals surface area contributed by atoms with Crippen LogP contribution in [0, 0.1) is 13.8 Å². The highest BCUT2D eigenvalue weighted by Crippen LogP contribution is 2.59. The molecule has 8 nitrogen and oxygen atoms in total. The van der Waals surface area contributed by atoms with Gasteiger partial charge in [-0.2, -0.15) is 0 Å². The fourth-order valence-electron chi connectivity index (χ4n) is 1.01. The number of nitrogens with zero attached hydrogens (tertiary/aromatic N) is 1. The minimum absolute atomic E-state index is 0.0663. The zero-order valence-corrected chi connectivity index (χ0v) is 11.5. The standard InChI is InChI=1S/C6H12N2O6P2S/c1-3-4(2)17-5(7-3)8-6(15(9,10)11)16(12,13)14/h6H,1-2H3,(H,7,8)(H2,9,10,11)(H2,12,13,14). The quantitative estimate of drug-likeness (QED) is 0.515. The van der Waals surface area contributed by atoms with Crippen LogP contribution in [0.1, 0.15) is 10.6 Å². The molecule has 0 aliphatic heterocycles. The lowest BCUT2D eigenvalue weighted by atomic mass is 10.4. The maximum absolute atomic E-state index is 11.0. The first-order chi connectivity index (χ1) is 7.51. The van der Waals surface area contributed by atoms with Crippen LogP contribution in [0.2, 0.25) is 0 Å². The lowest BCUT2D eigenvalue weighted by Gasteiger charge is -2.19. The molecule has 0 unspecified atom stereocenters. The molecule has 0 aliphatic rings. The van der Waals surface area contributed by atoms with E-state index in [1.807, 2.05) is 0 Å². The predicted molar refractivity (Wildman–Crippen MR) is 63.1 cm³/mol. The highest BCUT2D eigenvalue weighted by atomic mass is 32.1. The smallest absolute Gasteiger partial charge is 0.338 e. The molecule has 0 atom stereocenters. The second-order valence-electron chi connectivity index (χ2n) is 3.36. The van der Waals surface area contributed by atoms with E-state index in [9.17, 15) is 9.13 Å². The van der Waals surface area contributed by atoms with Crippen LogP contribution in [-0.2, 0) is 9.13 Å². The van der Waals surface area contributed by atoms with Gasteiger partial charge in [0.05, 0.1) is 5.69 Å². The fourth-order valence-corrected chi connectivity index (χ4v) is 4.17. The van der Waals surface area contributed by atoms with Crippen molar-refractivity contribution in [3.63, 3.8) is 0 Å². The molecule has 1 rings (SSSR count). The molecular weight excluding hydrogens is 290 g/mol. The summed E-state index contributed by atoms with van der Waals surface area (Å²) in [6, 6.07) is 0. The molecule has 0 amide bonds. The van der Waals surface area contributed by atoms with Crippen LogP contribution < -0.4 is 5.32 Å². The van der Waals surface area contributed by atoms with E-state index in [4.69, 9.17) is 19.6 Å². The van der Waals surface area contributed by atoms with Gasteiger partial charge in [-0.25, -0.2) is 4.98 Å². The minimum atomic E-state index is -4.98. The number of rotatable bonds is 4. The van der Waals surface area contributed by atoms with Crippen molar-refractivity contribution in [3.05, 3.63) is 10.6 Å². The molecule has 1 aromatic rings. The largest absolute Gasteiger partial charge is 0.360 e. The van der Waals surface area contributed by atoms with Crippen LogP contribution in [0.25, 0.3) is 0 Å². The Hall–Kier alpha value is -0.270. The molecule has 98 valence electrons. The first-order valence-electron chi connectivity index (χ1n) is 4.33. The SMILES string of the molecule is Cc1nc(NC(P(=O)(O)O)P(=O)(O)O)sc1C. The van der Waals surface area contributed by atoms with Gasteiger partial charge in [-0.15, -0.1) is 11.3 Å². The zero-order valence-electron chi connectivity index (χ0n) is 8.93. The number of anilines is 1. The van der Waals surface area contributed by atoms with Gasteiger partial charge >= 0.3 is 15.2 Å². The van der Waals surface area contributed by atoms with Gasteiger partial charge in [0, 0.05) is 4.88 Å².